The highest BCUT2D eigenvalue weighted by Gasteiger charge is 2.42. The summed E-state index contributed by atoms with van der Waals surface area (Å²) in [5.41, 5.74) is 1.65. The van der Waals surface area contributed by atoms with Crippen molar-refractivity contribution in [3.05, 3.63) is 33.4 Å². The molecule has 0 bridgehead atoms. The van der Waals surface area contributed by atoms with Gasteiger partial charge in [-0.25, -0.2) is 0 Å². The highest BCUT2D eigenvalue weighted by atomic mass is 16.6. The smallest absolute Gasteiger partial charge is 0.292 e. The van der Waals surface area contributed by atoms with Crippen LogP contribution in [0.1, 0.15) is 18.1 Å². The van der Waals surface area contributed by atoms with E-state index in [0.29, 0.717) is 0 Å². The molecule has 5 atom stereocenters. The van der Waals surface area contributed by atoms with Crippen LogP contribution in [0, 0.1) is 24.0 Å². The Morgan fingerprint density at radius 1 is 1.14 bits per heavy atom. The van der Waals surface area contributed by atoms with Gasteiger partial charge in [0.1, 0.15) is 24.0 Å². The van der Waals surface area contributed by atoms with Crippen LogP contribution in [-0.2, 0) is 4.74 Å². The fourth-order valence-corrected chi connectivity index (χ4v) is 2.39. The molecular weight excluding hydrogens is 292 g/mol. The van der Waals surface area contributed by atoms with Crippen LogP contribution in [0.3, 0.4) is 0 Å². The normalized spacial score (nSPS) is 31.8. The molecule has 8 nitrogen and oxygen atoms in total. The van der Waals surface area contributed by atoms with Crippen LogP contribution in [0.4, 0.5) is 11.4 Å². The van der Waals surface area contributed by atoms with Gasteiger partial charge in [-0.15, -0.1) is 0 Å². The van der Waals surface area contributed by atoms with Crippen molar-refractivity contribution in [3.8, 4) is 0 Å². The molecule has 1 fully saturated rings. The molecule has 1 saturated heterocycles. The minimum atomic E-state index is -1.41. The first-order valence-electron chi connectivity index (χ1n) is 6.94. The first-order valence-corrected chi connectivity index (χ1v) is 6.94. The molecule has 2 rings (SSSR count). The first kappa shape index (κ1) is 16.6. The Morgan fingerprint density at radius 3 is 2.32 bits per heavy atom. The number of anilines is 1. The Labute approximate surface area is 127 Å². The third kappa shape index (κ3) is 3.05. The highest BCUT2D eigenvalue weighted by Crippen LogP contribution is 2.31. The maximum Gasteiger partial charge on any atom is 0.292 e. The van der Waals surface area contributed by atoms with Gasteiger partial charge in [-0.3, -0.25) is 10.1 Å². The Kier molecular flexibility index (Phi) is 4.66. The lowest BCUT2D eigenvalue weighted by atomic mass is 9.98. The van der Waals surface area contributed by atoms with E-state index in [1.807, 2.05) is 6.92 Å². The van der Waals surface area contributed by atoms with E-state index in [9.17, 15) is 25.4 Å². The summed E-state index contributed by atoms with van der Waals surface area (Å²) in [6, 6.07) is 3.02. The zero-order valence-electron chi connectivity index (χ0n) is 12.6. The van der Waals surface area contributed by atoms with Crippen molar-refractivity contribution in [3.63, 3.8) is 0 Å². The fourth-order valence-electron chi connectivity index (χ4n) is 2.39. The number of rotatable bonds is 3. The predicted molar refractivity (Wildman–Crippen MR) is 78.5 cm³/mol. The van der Waals surface area contributed by atoms with Crippen LogP contribution in [-0.4, -0.2) is 50.9 Å². The molecule has 0 radical (unpaired) electrons. The summed E-state index contributed by atoms with van der Waals surface area (Å²) < 4.78 is 5.40. The number of aliphatic hydroxyl groups excluding tert-OH is 3. The summed E-state index contributed by atoms with van der Waals surface area (Å²) in [5.74, 6) is 0. The number of nitrogens with one attached hydrogen (secondary N) is 1. The Bertz CT molecular complexity index is 579. The summed E-state index contributed by atoms with van der Waals surface area (Å²) in [5, 5.41) is 43.3. The molecule has 1 aliphatic rings. The summed E-state index contributed by atoms with van der Waals surface area (Å²) in [6.07, 6.45) is -5.81. The highest BCUT2D eigenvalue weighted by molar-refractivity contribution is 5.64. The Hall–Kier alpha value is -1.74. The molecule has 0 amide bonds. The molecule has 0 spiro atoms. The van der Waals surface area contributed by atoms with E-state index < -0.39 is 35.6 Å². The third-order valence-electron chi connectivity index (χ3n) is 3.96. The van der Waals surface area contributed by atoms with Gasteiger partial charge in [0.2, 0.25) is 0 Å². The van der Waals surface area contributed by atoms with Crippen LogP contribution >= 0.6 is 0 Å². The third-order valence-corrected chi connectivity index (χ3v) is 3.96. The fraction of sp³-hybridized carbons (Fsp3) is 0.571. The van der Waals surface area contributed by atoms with Gasteiger partial charge in [0.15, 0.2) is 6.23 Å². The molecule has 1 aromatic rings. The summed E-state index contributed by atoms with van der Waals surface area (Å²) in [6.45, 7) is 5.12. The molecular formula is C14H20N2O6. The standard InChI is InChI=1S/C14H20N2O6/c1-6-4-9(10(16(20)21)5-7(6)2)15-14-13(19)12(18)11(17)8(3)22-14/h4-5,8,11-15,17-19H,1-3H3/t8-,11+,12-,13+,14-/m1/s1. The zero-order valence-corrected chi connectivity index (χ0v) is 12.6. The number of nitrogens with zero attached hydrogens (tertiary/aromatic N) is 1. The predicted octanol–water partition coefficient (Wildman–Crippen LogP) is 0.451. The van der Waals surface area contributed by atoms with E-state index in [1.54, 1.807) is 19.9 Å². The second-order valence-corrected chi connectivity index (χ2v) is 5.59. The quantitative estimate of drug-likeness (QED) is 0.471. The first-order chi connectivity index (χ1) is 10.2. The topological polar surface area (TPSA) is 125 Å². The van der Waals surface area contributed by atoms with Crippen molar-refractivity contribution >= 4 is 11.4 Å². The van der Waals surface area contributed by atoms with Gasteiger partial charge in [0.05, 0.1) is 11.0 Å². The molecule has 122 valence electrons. The lowest BCUT2D eigenvalue weighted by molar-refractivity contribution is -0.384. The van der Waals surface area contributed by atoms with E-state index in [4.69, 9.17) is 4.74 Å². The summed E-state index contributed by atoms with van der Waals surface area (Å²) >= 11 is 0. The van der Waals surface area contributed by atoms with E-state index in [1.165, 1.54) is 6.07 Å². The van der Waals surface area contributed by atoms with Crippen LogP contribution in [0.2, 0.25) is 0 Å². The van der Waals surface area contributed by atoms with Crippen LogP contribution < -0.4 is 5.32 Å². The maximum absolute atomic E-state index is 11.2. The molecule has 0 unspecified atom stereocenters. The number of benzene rings is 1. The molecule has 8 heteroatoms. The van der Waals surface area contributed by atoms with Gasteiger partial charge < -0.3 is 25.4 Å². The minimum Gasteiger partial charge on any atom is -0.388 e. The second kappa shape index (κ2) is 6.17. The number of ether oxygens (including phenoxy) is 1. The van der Waals surface area contributed by atoms with E-state index in [2.05, 4.69) is 5.32 Å². The van der Waals surface area contributed by atoms with E-state index in [0.717, 1.165) is 11.1 Å². The van der Waals surface area contributed by atoms with Gasteiger partial charge in [-0.1, -0.05) is 0 Å². The molecule has 1 aliphatic heterocycles. The van der Waals surface area contributed by atoms with Crippen LogP contribution in [0.25, 0.3) is 0 Å². The number of hydrogen-bond donors (Lipinski definition) is 4. The van der Waals surface area contributed by atoms with Gasteiger partial charge in [0, 0.05) is 6.07 Å². The van der Waals surface area contributed by atoms with Crippen molar-refractivity contribution in [2.24, 2.45) is 0 Å². The molecule has 1 heterocycles. The molecule has 0 aliphatic carbocycles. The van der Waals surface area contributed by atoms with Crippen LogP contribution in [0.5, 0.6) is 0 Å². The number of aryl methyl sites for hydroxylation is 2. The molecule has 0 saturated carbocycles. The van der Waals surface area contributed by atoms with Crippen molar-refractivity contribution < 1.29 is 25.0 Å². The Morgan fingerprint density at radius 2 is 1.73 bits per heavy atom. The molecule has 22 heavy (non-hydrogen) atoms. The zero-order chi connectivity index (χ0) is 16.6. The summed E-state index contributed by atoms with van der Waals surface area (Å²) in [4.78, 5) is 10.6. The number of hydrogen-bond acceptors (Lipinski definition) is 7. The monoisotopic (exact) mass is 312 g/mol. The van der Waals surface area contributed by atoms with Crippen molar-refractivity contribution in [2.75, 3.05) is 5.32 Å². The SMILES string of the molecule is Cc1cc(N[C@@H]2O[C@H](C)[C@H](O)[C@@H](O)[C@@H]2O)c([N+](=O)[O-])cc1C. The van der Waals surface area contributed by atoms with Gasteiger partial charge in [0.25, 0.3) is 5.69 Å². The van der Waals surface area contributed by atoms with E-state index in [-0.39, 0.29) is 11.4 Å². The average molecular weight is 312 g/mol. The van der Waals surface area contributed by atoms with Crippen LogP contribution in [0.15, 0.2) is 12.1 Å². The summed E-state index contributed by atoms with van der Waals surface area (Å²) in [7, 11) is 0. The van der Waals surface area contributed by atoms with E-state index >= 15 is 0 Å². The number of nitro benzene ring substituents is 1. The van der Waals surface area contributed by atoms with Gasteiger partial charge in [-0.2, -0.15) is 0 Å². The lowest BCUT2D eigenvalue weighted by Crippen LogP contribution is -2.58. The Balaban J connectivity index is 2.30. The van der Waals surface area contributed by atoms with Crippen molar-refractivity contribution in [1.29, 1.82) is 0 Å². The largest absolute Gasteiger partial charge is 0.388 e. The lowest BCUT2D eigenvalue weighted by Gasteiger charge is -2.39. The van der Waals surface area contributed by atoms with Crippen molar-refractivity contribution in [1.82, 2.24) is 0 Å². The van der Waals surface area contributed by atoms with Gasteiger partial charge in [-0.05, 0) is 38.0 Å². The minimum absolute atomic E-state index is 0.146. The molecule has 0 aromatic heterocycles. The van der Waals surface area contributed by atoms with Gasteiger partial charge >= 0.3 is 0 Å². The van der Waals surface area contributed by atoms with Crippen molar-refractivity contribution in [2.45, 2.75) is 51.4 Å². The number of aliphatic hydroxyl groups is 3. The molecule has 1 aromatic carbocycles. The second-order valence-electron chi connectivity index (χ2n) is 5.59. The average Bonchev–Trinajstić information content (AvgIpc) is 2.45. The number of nitro groups is 1. The maximum atomic E-state index is 11.2. The molecule has 4 N–H and O–H groups in total.